The van der Waals surface area contributed by atoms with Crippen LogP contribution in [0.3, 0.4) is 0 Å². The quantitative estimate of drug-likeness (QED) is 0.0857. The highest BCUT2D eigenvalue weighted by Crippen LogP contribution is 2.47. The molecule has 2 aliphatic heterocycles. The molecule has 0 radical (unpaired) electrons. The SMILES string of the molecule is Nc1nc2c(ncn2[C@@H]2O[C@H](CO)C(O)C2(O)O[P+](=O)OC(O)[C@@H]2O[C@H](n3ccc(=O)[nH]c3=O)C(O)C2O)c(=O)[nH]1. The number of hydrogen-bond acceptors (Lipinski definition) is 17. The highest BCUT2D eigenvalue weighted by atomic mass is 31.1. The number of rotatable bonds is 8. The lowest BCUT2D eigenvalue weighted by Crippen LogP contribution is -2.48. The van der Waals surface area contributed by atoms with Crippen LogP contribution in [-0.2, 0) is 23.1 Å². The van der Waals surface area contributed by atoms with Gasteiger partial charge in [-0.1, -0.05) is 9.05 Å². The average molecular weight is 604 g/mol. The fraction of sp³-hybridized carbons (Fsp3) is 0.526. The zero-order valence-corrected chi connectivity index (χ0v) is 21.2. The van der Waals surface area contributed by atoms with E-state index in [2.05, 4.69) is 15.0 Å². The first-order valence-corrected chi connectivity index (χ1v) is 12.7. The summed E-state index contributed by atoms with van der Waals surface area (Å²) < 4.78 is 35.0. The van der Waals surface area contributed by atoms with E-state index in [1.54, 1.807) is 0 Å². The topological polar surface area (TPSA) is 320 Å². The molecule has 0 spiro atoms. The first-order valence-electron chi connectivity index (χ1n) is 11.6. The third-order valence-electron chi connectivity index (χ3n) is 6.41. The number of aliphatic hydroxyl groups is 6. The van der Waals surface area contributed by atoms with Crippen molar-refractivity contribution in [2.45, 2.75) is 55.1 Å². The second-order valence-corrected chi connectivity index (χ2v) is 9.82. The highest BCUT2D eigenvalue weighted by Gasteiger charge is 2.64. The van der Waals surface area contributed by atoms with Gasteiger partial charge in [0.15, 0.2) is 23.6 Å². The Balaban J connectivity index is 1.36. The summed E-state index contributed by atoms with van der Waals surface area (Å²) in [6.45, 7) is -0.863. The van der Waals surface area contributed by atoms with Crippen molar-refractivity contribution < 1.29 is 53.7 Å². The van der Waals surface area contributed by atoms with Crippen molar-refractivity contribution in [3.05, 3.63) is 49.8 Å². The molecule has 5 heterocycles. The Labute approximate surface area is 225 Å². The number of ether oxygens (including phenoxy) is 2. The highest BCUT2D eigenvalue weighted by molar-refractivity contribution is 7.33. The number of H-pyrrole nitrogens is 2. The van der Waals surface area contributed by atoms with Gasteiger partial charge in [-0.25, -0.2) is 9.78 Å². The Morgan fingerprint density at radius 1 is 1.17 bits per heavy atom. The summed E-state index contributed by atoms with van der Waals surface area (Å²) in [5.74, 6) is -3.34. The Morgan fingerprint density at radius 3 is 2.59 bits per heavy atom. The summed E-state index contributed by atoms with van der Waals surface area (Å²) in [7, 11) is -3.62. The van der Waals surface area contributed by atoms with Crippen LogP contribution in [0.2, 0.25) is 0 Å². The van der Waals surface area contributed by atoms with Crippen LogP contribution in [0.15, 0.2) is 33.0 Å². The van der Waals surface area contributed by atoms with Crippen LogP contribution < -0.4 is 22.5 Å². The molecule has 21 nitrogen and oxygen atoms in total. The van der Waals surface area contributed by atoms with Gasteiger partial charge in [0, 0.05) is 16.8 Å². The largest absolute Gasteiger partial charge is 0.703 e. The molecule has 0 aromatic carbocycles. The van der Waals surface area contributed by atoms with Gasteiger partial charge < -0.3 is 45.8 Å². The average Bonchev–Trinajstić information content (AvgIpc) is 3.52. The minimum Gasteiger partial charge on any atom is -0.394 e. The molecule has 6 unspecified atom stereocenters. The van der Waals surface area contributed by atoms with Crippen molar-refractivity contribution in [1.82, 2.24) is 29.1 Å². The molecule has 22 heteroatoms. The Hall–Kier alpha value is -3.47. The summed E-state index contributed by atoms with van der Waals surface area (Å²) in [4.78, 5) is 47.3. The van der Waals surface area contributed by atoms with Crippen molar-refractivity contribution in [3.63, 3.8) is 0 Å². The second-order valence-electron chi connectivity index (χ2n) is 8.98. The molecule has 3 aromatic heterocycles. The Morgan fingerprint density at radius 2 is 1.90 bits per heavy atom. The van der Waals surface area contributed by atoms with Gasteiger partial charge in [-0.15, -0.1) is 0 Å². The number of imidazole rings is 1. The molecule has 0 bridgehead atoms. The molecule has 10 N–H and O–H groups in total. The molecule has 10 atom stereocenters. The number of nitrogens with zero attached hydrogens (tertiary/aromatic N) is 4. The van der Waals surface area contributed by atoms with Gasteiger partial charge in [0.25, 0.3) is 16.9 Å². The second kappa shape index (κ2) is 10.7. The van der Waals surface area contributed by atoms with Gasteiger partial charge in [-0.3, -0.25) is 28.7 Å². The number of fused-ring (bicyclic) bond motifs is 1. The van der Waals surface area contributed by atoms with Crippen LogP contribution in [0.1, 0.15) is 12.5 Å². The third-order valence-corrected chi connectivity index (χ3v) is 7.24. The molecule has 0 aliphatic carbocycles. The first kappa shape index (κ1) is 29.0. The van der Waals surface area contributed by atoms with E-state index in [0.29, 0.717) is 4.57 Å². The molecule has 2 saturated heterocycles. The fourth-order valence-electron chi connectivity index (χ4n) is 4.44. The van der Waals surface area contributed by atoms with E-state index in [0.717, 1.165) is 23.2 Å². The molecule has 2 fully saturated rings. The number of anilines is 1. The van der Waals surface area contributed by atoms with E-state index in [4.69, 9.17) is 24.3 Å². The van der Waals surface area contributed by atoms with E-state index in [1.807, 2.05) is 4.98 Å². The van der Waals surface area contributed by atoms with Crippen LogP contribution >= 0.6 is 8.25 Å². The Bertz CT molecular complexity index is 1640. The molecule has 222 valence electrons. The van der Waals surface area contributed by atoms with Crippen molar-refractivity contribution in [2.24, 2.45) is 0 Å². The van der Waals surface area contributed by atoms with Gasteiger partial charge in [0.05, 0.1) is 12.9 Å². The molecular formula is C19H23N7O14P+. The molecule has 2 aliphatic rings. The van der Waals surface area contributed by atoms with Gasteiger partial charge in [-0.05, 0) is 0 Å². The Kier molecular flexibility index (Phi) is 7.61. The van der Waals surface area contributed by atoms with Gasteiger partial charge in [-0.2, -0.15) is 4.98 Å². The molecule has 5 rings (SSSR count). The number of nitrogen functional groups attached to an aromatic ring is 1. The van der Waals surface area contributed by atoms with E-state index in [1.165, 1.54) is 0 Å². The monoisotopic (exact) mass is 604 g/mol. The van der Waals surface area contributed by atoms with E-state index in [9.17, 15) is 49.6 Å². The lowest BCUT2D eigenvalue weighted by Gasteiger charge is -2.25. The summed E-state index contributed by atoms with van der Waals surface area (Å²) in [5.41, 5.74) is 2.54. The van der Waals surface area contributed by atoms with Crippen molar-refractivity contribution in [2.75, 3.05) is 12.3 Å². The van der Waals surface area contributed by atoms with Crippen LogP contribution in [0, 0.1) is 0 Å². The number of nitrogens with one attached hydrogen (secondary N) is 2. The molecule has 0 amide bonds. The minimum atomic E-state index is -3.62. The standard InChI is InChI=1S/C19H22N7O14P/c20-17-23-12-7(13(32)24-17)21-4-26(12)16-19(35,11(31)5(3-27)37-16)40-41(36)39-15(33)10-8(29)9(30)14(38-10)25-2-1-6(28)22-18(25)34/h1-2,4-5,8-11,14-16,27,29-31,33,35H,3H2,(H3-,20,22,23,24,28,32,34)/p+1/t5-,8?,9?,10-,11?,14+,15?,16-,19?/m1/s1. The summed E-state index contributed by atoms with van der Waals surface area (Å²) >= 11 is 0. The van der Waals surface area contributed by atoms with Crippen LogP contribution in [0.4, 0.5) is 5.95 Å². The molecule has 3 aromatic rings. The third kappa shape index (κ3) is 4.98. The molecule has 0 saturated carbocycles. The maximum atomic E-state index is 12.8. The lowest BCUT2D eigenvalue weighted by molar-refractivity contribution is -0.236. The van der Waals surface area contributed by atoms with E-state index < -0.39 is 86.7 Å². The maximum Gasteiger partial charge on any atom is 0.703 e. The zero-order chi connectivity index (χ0) is 29.8. The fourth-order valence-corrected chi connectivity index (χ4v) is 5.22. The van der Waals surface area contributed by atoms with Crippen molar-refractivity contribution >= 4 is 25.4 Å². The smallest absolute Gasteiger partial charge is 0.394 e. The van der Waals surface area contributed by atoms with Gasteiger partial charge in [0.1, 0.15) is 30.5 Å². The van der Waals surface area contributed by atoms with Crippen LogP contribution in [-0.4, -0.2) is 109 Å². The predicted octanol–water partition coefficient (Wildman–Crippen LogP) is -5.18. The number of nitrogens with two attached hydrogens (primary N) is 1. The summed E-state index contributed by atoms with van der Waals surface area (Å²) in [5, 5.41) is 62.6. The number of aromatic amines is 2. The number of aliphatic hydroxyl groups excluding tert-OH is 5. The van der Waals surface area contributed by atoms with E-state index in [-0.39, 0.29) is 17.1 Å². The van der Waals surface area contributed by atoms with Gasteiger partial charge in [0.2, 0.25) is 12.2 Å². The summed E-state index contributed by atoms with van der Waals surface area (Å²) in [6.07, 6.45) is -13.1. The number of aromatic nitrogens is 6. The lowest BCUT2D eigenvalue weighted by atomic mass is 10.1. The van der Waals surface area contributed by atoms with Gasteiger partial charge >= 0.3 is 13.9 Å². The first-order chi connectivity index (χ1) is 19.3. The van der Waals surface area contributed by atoms with Crippen molar-refractivity contribution in [3.8, 4) is 0 Å². The summed E-state index contributed by atoms with van der Waals surface area (Å²) in [6, 6.07) is 0.935. The maximum absolute atomic E-state index is 12.8. The van der Waals surface area contributed by atoms with Crippen LogP contribution in [0.5, 0.6) is 0 Å². The molecular weight excluding hydrogens is 581 g/mol. The van der Waals surface area contributed by atoms with E-state index >= 15 is 0 Å². The van der Waals surface area contributed by atoms with Crippen LogP contribution in [0.25, 0.3) is 11.2 Å². The normalized spacial score (nSPS) is 32.9. The predicted molar refractivity (Wildman–Crippen MR) is 128 cm³/mol. The number of hydrogen-bond donors (Lipinski definition) is 9. The minimum absolute atomic E-state index is 0.250. The zero-order valence-electron chi connectivity index (χ0n) is 20.3. The molecule has 41 heavy (non-hydrogen) atoms. The van der Waals surface area contributed by atoms with Crippen molar-refractivity contribution in [1.29, 1.82) is 0 Å².